The molecule has 29 heavy (non-hydrogen) atoms. The molecule has 0 amide bonds. The number of phenolic OH excluding ortho intramolecular Hbond substituents is 1. The third-order valence-electron chi connectivity index (χ3n) is 6.08. The zero-order valence-electron chi connectivity index (χ0n) is 16.7. The second kappa shape index (κ2) is 6.60. The Labute approximate surface area is 172 Å². The third kappa shape index (κ3) is 3.05. The molecule has 2 N–H and O–H groups in total. The van der Waals surface area contributed by atoms with Crippen molar-refractivity contribution in [1.82, 2.24) is 20.5 Å². The van der Waals surface area contributed by atoms with E-state index >= 15 is 4.39 Å². The molecule has 6 nitrogen and oxygen atoms in total. The summed E-state index contributed by atoms with van der Waals surface area (Å²) in [7, 11) is 0. The first-order chi connectivity index (χ1) is 13.8. The number of anilines is 1. The molecular weight excluding hydrogens is 389 g/mol. The van der Waals surface area contributed by atoms with Gasteiger partial charge in [0.2, 0.25) is 0 Å². The van der Waals surface area contributed by atoms with Gasteiger partial charge in [-0.3, -0.25) is 0 Å². The first-order valence-electron chi connectivity index (χ1n) is 9.96. The molecule has 0 radical (unpaired) electrons. The van der Waals surface area contributed by atoms with Gasteiger partial charge in [0.25, 0.3) is 0 Å². The van der Waals surface area contributed by atoms with Crippen molar-refractivity contribution in [1.29, 1.82) is 0 Å². The summed E-state index contributed by atoms with van der Waals surface area (Å²) in [5.41, 5.74) is 2.59. The molecule has 4 heterocycles. The second-order valence-corrected chi connectivity index (χ2v) is 9.73. The van der Waals surface area contributed by atoms with Crippen molar-refractivity contribution in [2.24, 2.45) is 0 Å². The van der Waals surface area contributed by atoms with Crippen LogP contribution in [0.5, 0.6) is 5.75 Å². The van der Waals surface area contributed by atoms with Crippen molar-refractivity contribution in [3.63, 3.8) is 0 Å². The number of alkyl halides is 1. The number of aryl methyl sites for hydroxylation is 1. The van der Waals surface area contributed by atoms with Crippen molar-refractivity contribution in [2.45, 2.75) is 51.4 Å². The van der Waals surface area contributed by atoms with E-state index in [9.17, 15) is 5.11 Å². The van der Waals surface area contributed by atoms with Gasteiger partial charge in [-0.2, -0.15) is 0 Å². The van der Waals surface area contributed by atoms with Crippen LogP contribution < -0.4 is 10.2 Å². The van der Waals surface area contributed by atoms with Crippen molar-refractivity contribution >= 4 is 27.4 Å². The number of phenols is 1. The predicted octanol–water partition coefficient (Wildman–Crippen LogP) is 3.61. The minimum Gasteiger partial charge on any atom is -0.507 e. The largest absolute Gasteiger partial charge is 0.507 e. The summed E-state index contributed by atoms with van der Waals surface area (Å²) >= 11 is 1.59. The highest BCUT2D eigenvalue weighted by molar-refractivity contribution is 7.18. The summed E-state index contributed by atoms with van der Waals surface area (Å²) in [5, 5.41) is 23.6. The minimum atomic E-state index is -0.982. The molecule has 0 bridgehead atoms. The lowest BCUT2D eigenvalue weighted by Gasteiger charge is -2.44. The molecule has 2 atom stereocenters. The smallest absolute Gasteiger partial charge is 0.154 e. The van der Waals surface area contributed by atoms with Crippen LogP contribution in [-0.4, -0.2) is 51.1 Å². The van der Waals surface area contributed by atoms with Gasteiger partial charge >= 0.3 is 0 Å². The van der Waals surface area contributed by atoms with Crippen LogP contribution >= 0.6 is 11.3 Å². The van der Waals surface area contributed by atoms with E-state index in [2.05, 4.69) is 25.4 Å². The van der Waals surface area contributed by atoms with Crippen LogP contribution in [0.4, 0.5) is 10.2 Å². The molecule has 1 aromatic carbocycles. The van der Waals surface area contributed by atoms with E-state index in [4.69, 9.17) is 0 Å². The Hall–Kier alpha value is -2.32. The number of hydrogen-bond acceptors (Lipinski definition) is 7. The molecule has 1 saturated heterocycles. The molecule has 2 aromatic heterocycles. The van der Waals surface area contributed by atoms with Gasteiger partial charge in [-0.25, -0.2) is 9.37 Å². The molecule has 0 spiro atoms. The number of thiazole rings is 1. The van der Waals surface area contributed by atoms with E-state index in [1.165, 1.54) is 0 Å². The van der Waals surface area contributed by atoms with E-state index in [0.29, 0.717) is 11.3 Å². The number of rotatable bonds is 2. The summed E-state index contributed by atoms with van der Waals surface area (Å²) in [6.45, 7) is 7.31. The van der Waals surface area contributed by atoms with Gasteiger partial charge in [-0.15, -0.1) is 21.5 Å². The van der Waals surface area contributed by atoms with Crippen molar-refractivity contribution in [2.75, 3.05) is 18.0 Å². The molecule has 0 saturated carbocycles. The highest BCUT2D eigenvalue weighted by Crippen LogP contribution is 2.38. The lowest BCUT2D eigenvalue weighted by molar-refractivity contribution is 0.111. The maximum atomic E-state index is 15.1. The Morgan fingerprint density at radius 1 is 1.28 bits per heavy atom. The molecule has 3 aromatic rings. The summed E-state index contributed by atoms with van der Waals surface area (Å²) in [5.74, 6) is 0.920. The fourth-order valence-corrected chi connectivity index (χ4v) is 5.36. The number of halogens is 1. The Morgan fingerprint density at radius 2 is 2.10 bits per heavy atom. The van der Waals surface area contributed by atoms with Crippen molar-refractivity contribution in [3.8, 4) is 17.0 Å². The third-order valence-corrected chi connectivity index (χ3v) is 7.02. The van der Waals surface area contributed by atoms with Crippen LogP contribution in [0.15, 0.2) is 18.2 Å². The first-order valence-corrected chi connectivity index (χ1v) is 10.8. The molecular formula is C21H24FN5OS. The fraction of sp³-hybridized carbons (Fsp3) is 0.476. The number of piperidine rings is 1. The number of fused-ring (bicyclic) bond motifs is 2. The predicted molar refractivity (Wildman–Crippen MR) is 113 cm³/mol. The molecule has 0 unspecified atom stereocenters. The van der Waals surface area contributed by atoms with Gasteiger partial charge < -0.3 is 15.3 Å². The zero-order valence-corrected chi connectivity index (χ0v) is 17.6. The Kier molecular flexibility index (Phi) is 4.25. The molecule has 1 fully saturated rings. The van der Waals surface area contributed by atoms with Crippen LogP contribution in [0, 0.1) is 6.92 Å². The summed E-state index contributed by atoms with van der Waals surface area (Å²) in [6, 6.07) is 5.39. The highest BCUT2D eigenvalue weighted by atomic mass is 32.1. The fourth-order valence-electron chi connectivity index (χ4n) is 4.52. The van der Waals surface area contributed by atoms with Gasteiger partial charge in [0.1, 0.15) is 11.9 Å². The van der Waals surface area contributed by atoms with E-state index in [0.717, 1.165) is 52.5 Å². The van der Waals surface area contributed by atoms with Gasteiger partial charge in [-0.05, 0) is 52.3 Å². The molecule has 152 valence electrons. The monoisotopic (exact) mass is 413 g/mol. The van der Waals surface area contributed by atoms with Gasteiger partial charge in [0.05, 0.1) is 27.0 Å². The standard InChI is InChI=1S/C21H24FN5OS/c1-11-24-15-10-17(28)13(9-18(15)29-11)14-8-12-5-7-27(20(12)26-25-14)16-4-6-23-21(2,3)19(16)22/h8-10,16,19,23,28H,4-7H2,1-3H3/t16-,19-/m0/s1. The topological polar surface area (TPSA) is 74.2 Å². The van der Waals surface area contributed by atoms with Crippen LogP contribution in [0.3, 0.4) is 0 Å². The Balaban J connectivity index is 1.49. The SMILES string of the molecule is Cc1nc2cc(O)c(-c3cc4c(nn3)N([C@H]3CCNC(C)(C)[C@H]3F)CC4)cc2s1. The average molecular weight is 414 g/mol. The summed E-state index contributed by atoms with van der Waals surface area (Å²) in [6.07, 6.45) is 0.567. The van der Waals surface area contributed by atoms with Crippen LogP contribution in [0.1, 0.15) is 30.8 Å². The van der Waals surface area contributed by atoms with Crippen molar-refractivity contribution < 1.29 is 9.50 Å². The first kappa shape index (κ1) is 18.7. The maximum Gasteiger partial charge on any atom is 0.154 e. The number of aromatic nitrogens is 3. The maximum absolute atomic E-state index is 15.1. The van der Waals surface area contributed by atoms with Crippen LogP contribution in [0.2, 0.25) is 0 Å². The van der Waals surface area contributed by atoms with E-state index in [-0.39, 0.29) is 11.8 Å². The normalized spacial score (nSPS) is 23.5. The lowest BCUT2D eigenvalue weighted by atomic mass is 9.86. The van der Waals surface area contributed by atoms with E-state index < -0.39 is 11.7 Å². The number of aromatic hydroxyl groups is 1. The molecule has 5 rings (SSSR count). The number of hydrogen-bond donors (Lipinski definition) is 2. The molecule has 0 aliphatic carbocycles. The quantitative estimate of drug-likeness (QED) is 0.669. The summed E-state index contributed by atoms with van der Waals surface area (Å²) < 4.78 is 16.1. The molecule has 2 aliphatic heterocycles. The van der Waals surface area contributed by atoms with Gasteiger partial charge in [0, 0.05) is 29.3 Å². The van der Waals surface area contributed by atoms with Crippen LogP contribution in [-0.2, 0) is 6.42 Å². The Morgan fingerprint density at radius 3 is 2.93 bits per heavy atom. The summed E-state index contributed by atoms with van der Waals surface area (Å²) in [4.78, 5) is 6.50. The number of nitrogens with one attached hydrogen (secondary N) is 1. The average Bonchev–Trinajstić information content (AvgIpc) is 3.25. The molecule has 2 aliphatic rings. The van der Waals surface area contributed by atoms with Gasteiger partial charge in [-0.1, -0.05) is 0 Å². The van der Waals surface area contributed by atoms with Gasteiger partial charge in [0.15, 0.2) is 5.82 Å². The number of benzene rings is 1. The van der Waals surface area contributed by atoms with Crippen molar-refractivity contribution in [3.05, 3.63) is 28.8 Å². The lowest BCUT2D eigenvalue weighted by Crippen LogP contribution is -2.62. The highest BCUT2D eigenvalue weighted by Gasteiger charge is 2.44. The minimum absolute atomic E-state index is 0.149. The molecule has 8 heteroatoms. The zero-order chi connectivity index (χ0) is 20.3. The van der Waals surface area contributed by atoms with E-state index in [1.807, 2.05) is 32.9 Å². The second-order valence-electron chi connectivity index (χ2n) is 8.50. The van der Waals surface area contributed by atoms with Crippen LogP contribution in [0.25, 0.3) is 21.5 Å². The number of nitrogens with zero attached hydrogens (tertiary/aromatic N) is 4. The Bertz CT molecular complexity index is 1100. The van der Waals surface area contributed by atoms with E-state index in [1.54, 1.807) is 17.4 Å².